The van der Waals surface area contributed by atoms with Crippen LogP contribution in [0.25, 0.3) is 0 Å². The van der Waals surface area contributed by atoms with Crippen molar-refractivity contribution in [1.29, 1.82) is 5.26 Å². The van der Waals surface area contributed by atoms with Gasteiger partial charge < -0.3 is 9.64 Å². The Bertz CT molecular complexity index is 1260. The Morgan fingerprint density at radius 1 is 1.03 bits per heavy atom. The fourth-order valence-corrected chi connectivity index (χ4v) is 4.96. The topological polar surface area (TPSA) is 104 Å². The van der Waals surface area contributed by atoms with E-state index in [1.165, 1.54) is 28.6 Å². The molecule has 8 nitrogen and oxygen atoms in total. The van der Waals surface area contributed by atoms with Crippen LogP contribution in [0.4, 0.5) is 0 Å². The Morgan fingerprint density at radius 3 is 2.45 bits per heavy atom. The summed E-state index contributed by atoms with van der Waals surface area (Å²) in [6, 6.07) is 18.5. The van der Waals surface area contributed by atoms with Crippen LogP contribution in [0.1, 0.15) is 21.5 Å². The third-order valence-corrected chi connectivity index (χ3v) is 7.27. The van der Waals surface area contributed by atoms with Crippen LogP contribution in [0.5, 0.6) is 5.75 Å². The first kappa shape index (κ1) is 22.5. The first-order chi connectivity index (χ1) is 16.0. The number of pyridine rings is 1. The predicted octanol–water partition coefficient (Wildman–Crippen LogP) is 2.68. The number of nitrogens with zero attached hydrogens (tertiary/aromatic N) is 4. The molecule has 1 amide bonds. The molecular formula is C24H22N4O4S. The standard InChI is InChI=1S/C24H22N4O4S/c25-16-19-6-8-23(9-7-19)33(30,31)28-13-11-27(12-14-28)24(29)21-4-1-5-22(15-21)32-18-20-3-2-10-26-17-20/h1-10,15,17H,11-14,18H2. The molecule has 0 saturated carbocycles. The third-order valence-electron chi connectivity index (χ3n) is 5.36. The van der Waals surface area contributed by atoms with Crippen LogP contribution in [0, 0.1) is 11.3 Å². The highest BCUT2D eigenvalue weighted by Gasteiger charge is 2.30. The molecule has 0 atom stereocenters. The first-order valence-electron chi connectivity index (χ1n) is 10.4. The lowest BCUT2D eigenvalue weighted by Crippen LogP contribution is -2.50. The van der Waals surface area contributed by atoms with Gasteiger partial charge in [0.1, 0.15) is 12.4 Å². The molecule has 1 fully saturated rings. The number of rotatable bonds is 6. The van der Waals surface area contributed by atoms with Gasteiger partial charge in [-0.15, -0.1) is 0 Å². The molecule has 3 aromatic rings. The zero-order valence-corrected chi connectivity index (χ0v) is 18.6. The number of benzene rings is 2. The summed E-state index contributed by atoms with van der Waals surface area (Å²) in [4.78, 5) is 18.8. The molecule has 0 spiro atoms. The molecule has 1 aliphatic rings. The average Bonchev–Trinajstić information content (AvgIpc) is 2.88. The summed E-state index contributed by atoms with van der Waals surface area (Å²) in [6.45, 7) is 1.32. The summed E-state index contributed by atoms with van der Waals surface area (Å²) in [7, 11) is -3.68. The summed E-state index contributed by atoms with van der Waals surface area (Å²) >= 11 is 0. The Kier molecular flexibility index (Phi) is 6.68. The van der Waals surface area contributed by atoms with Gasteiger partial charge in [-0.25, -0.2) is 8.42 Å². The SMILES string of the molecule is N#Cc1ccc(S(=O)(=O)N2CCN(C(=O)c3cccc(OCc4cccnc4)c3)CC2)cc1. The zero-order valence-electron chi connectivity index (χ0n) is 17.8. The van der Waals surface area contributed by atoms with Crippen LogP contribution < -0.4 is 4.74 Å². The van der Waals surface area contributed by atoms with E-state index in [2.05, 4.69) is 4.98 Å². The van der Waals surface area contributed by atoms with Crippen molar-refractivity contribution in [2.24, 2.45) is 0 Å². The molecule has 1 saturated heterocycles. The molecule has 2 heterocycles. The highest BCUT2D eigenvalue weighted by atomic mass is 32.2. The monoisotopic (exact) mass is 462 g/mol. The number of piperazine rings is 1. The lowest BCUT2D eigenvalue weighted by Gasteiger charge is -2.34. The van der Waals surface area contributed by atoms with Gasteiger partial charge in [-0.2, -0.15) is 9.57 Å². The second-order valence-corrected chi connectivity index (χ2v) is 9.45. The summed E-state index contributed by atoms with van der Waals surface area (Å²) in [5, 5.41) is 8.90. The molecule has 33 heavy (non-hydrogen) atoms. The normalized spacial score (nSPS) is 14.5. The second kappa shape index (κ2) is 9.81. The maximum absolute atomic E-state index is 13.0. The van der Waals surface area contributed by atoms with Crippen molar-refractivity contribution in [3.05, 3.63) is 89.7 Å². The van der Waals surface area contributed by atoms with Gasteiger partial charge in [0, 0.05) is 49.7 Å². The highest BCUT2D eigenvalue weighted by Crippen LogP contribution is 2.21. The van der Waals surface area contributed by atoms with Gasteiger partial charge in [-0.3, -0.25) is 9.78 Å². The molecule has 0 N–H and O–H groups in total. The van der Waals surface area contributed by atoms with Crippen molar-refractivity contribution >= 4 is 15.9 Å². The minimum absolute atomic E-state index is 0.139. The highest BCUT2D eigenvalue weighted by molar-refractivity contribution is 7.89. The van der Waals surface area contributed by atoms with Gasteiger partial charge in [-0.1, -0.05) is 12.1 Å². The quantitative estimate of drug-likeness (QED) is 0.558. The van der Waals surface area contributed by atoms with E-state index in [0.717, 1.165) is 5.56 Å². The van der Waals surface area contributed by atoms with E-state index in [-0.39, 0.29) is 37.0 Å². The van der Waals surface area contributed by atoms with Gasteiger partial charge in [0.05, 0.1) is 16.5 Å². The summed E-state index contributed by atoms with van der Waals surface area (Å²) < 4.78 is 32.9. The minimum atomic E-state index is -3.68. The number of carbonyl (C=O) groups is 1. The second-order valence-electron chi connectivity index (χ2n) is 7.51. The molecule has 2 aromatic carbocycles. The number of amides is 1. The van der Waals surface area contributed by atoms with E-state index < -0.39 is 10.0 Å². The molecule has 1 aromatic heterocycles. The van der Waals surface area contributed by atoms with E-state index in [1.54, 1.807) is 41.6 Å². The molecule has 4 rings (SSSR count). The zero-order chi connectivity index (χ0) is 23.3. The van der Waals surface area contributed by atoms with Gasteiger partial charge in [0.25, 0.3) is 5.91 Å². The molecular weight excluding hydrogens is 440 g/mol. The lowest BCUT2D eigenvalue weighted by atomic mass is 10.1. The van der Waals surface area contributed by atoms with Gasteiger partial charge in [0.15, 0.2) is 0 Å². The molecule has 0 radical (unpaired) electrons. The molecule has 9 heteroatoms. The van der Waals surface area contributed by atoms with Crippen LogP contribution in [0.2, 0.25) is 0 Å². The van der Waals surface area contributed by atoms with Crippen molar-refractivity contribution in [3.8, 4) is 11.8 Å². The number of aromatic nitrogens is 1. The number of nitriles is 1. The number of carbonyl (C=O) groups excluding carboxylic acids is 1. The summed E-state index contributed by atoms with van der Waals surface area (Å²) in [5.41, 5.74) is 1.81. The minimum Gasteiger partial charge on any atom is -0.489 e. The van der Waals surface area contributed by atoms with Gasteiger partial charge in [0.2, 0.25) is 10.0 Å². The van der Waals surface area contributed by atoms with Gasteiger partial charge in [-0.05, 0) is 48.5 Å². The number of ether oxygens (including phenoxy) is 1. The maximum atomic E-state index is 13.0. The van der Waals surface area contributed by atoms with Gasteiger partial charge >= 0.3 is 0 Å². The summed E-state index contributed by atoms with van der Waals surface area (Å²) in [6.07, 6.45) is 3.42. The van der Waals surface area contributed by atoms with Crippen LogP contribution in [-0.2, 0) is 16.6 Å². The van der Waals surface area contributed by atoms with E-state index in [0.29, 0.717) is 23.5 Å². The smallest absolute Gasteiger partial charge is 0.254 e. The molecule has 0 bridgehead atoms. The molecule has 168 valence electrons. The Morgan fingerprint density at radius 2 is 1.79 bits per heavy atom. The fourth-order valence-electron chi connectivity index (χ4n) is 3.53. The number of hydrogen-bond acceptors (Lipinski definition) is 6. The number of sulfonamides is 1. The maximum Gasteiger partial charge on any atom is 0.254 e. The molecule has 0 aliphatic carbocycles. The van der Waals surface area contributed by atoms with Crippen molar-refractivity contribution < 1.29 is 17.9 Å². The predicted molar refractivity (Wildman–Crippen MR) is 121 cm³/mol. The van der Waals surface area contributed by atoms with Crippen LogP contribution in [-0.4, -0.2) is 54.7 Å². The van der Waals surface area contributed by atoms with Crippen molar-refractivity contribution in [2.45, 2.75) is 11.5 Å². The van der Waals surface area contributed by atoms with Crippen molar-refractivity contribution in [1.82, 2.24) is 14.2 Å². The average molecular weight is 463 g/mol. The van der Waals surface area contributed by atoms with E-state index in [1.807, 2.05) is 18.2 Å². The Hall–Kier alpha value is -3.74. The van der Waals surface area contributed by atoms with Crippen LogP contribution >= 0.6 is 0 Å². The Balaban J connectivity index is 1.37. The van der Waals surface area contributed by atoms with Crippen molar-refractivity contribution in [3.63, 3.8) is 0 Å². The fraction of sp³-hybridized carbons (Fsp3) is 0.208. The Labute approximate surface area is 192 Å². The molecule has 1 aliphatic heterocycles. The number of hydrogen-bond donors (Lipinski definition) is 0. The van der Waals surface area contributed by atoms with E-state index in [9.17, 15) is 13.2 Å². The first-order valence-corrected chi connectivity index (χ1v) is 11.8. The van der Waals surface area contributed by atoms with Crippen molar-refractivity contribution in [2.75, 3.05) is 26.2 Å². The summed E-state index contributed by atoms with van der Waals surface area (Å²) in [5.74, 6) is 0.406. The van der Waals surface area contributed by atoms with E-state index in [4.69, 9.17) is 10.00 Å². The largest absolute Gasteiger partial charge is 0.489 e. The van der Waals surface area contributed by atoms with E-state index >= 15 is 0 Å². The van der Waals surface area contributed by atoms with Crippen LogP contribution in [0.3, 0.4) is 0 Å². The molecule has 0 unspecified atom stereocenters. The lowest BCUT2D eigenvalue weighted by molar-refractivity contribution is 0.0697. The third kappa shape index (κ3) is 5.19. The van der Waals surface area contributed by atoms with Crippen LogP contribution in [0.15, 0.2) is 78.0 Å².